The van der Waals surface area contributed by atoms with Crippen LogP contribution in [0.2, 0.25) is 0 Å². The van der Waals surface area contributed by atoms with Crippen molar-refractivity contribution in [3.8, 4) is 0 Å². The molecule has 0 radical (unpaired) electrons. The minimum absolute atomic E-state index is 0.0238. The van der Waals surface area contributed by atoms with E-state index in [0.29, 0.717) is 0 Å². The molecule has 0 aliphatic carbocycles. The first kappa shape index (κ1) is 31.4. The molecule has 1 aromatic carbocycles. The van der Waals surface area contributed by atoms with E-state index in [2.05, 4.69) is 17.3 Å². The van der Waals surface area contributed by atoms with Gasteiger partial charge in [-0.25, -0.2) is 9.59 Å². The summed E-state index contributed by atoms with van der Waals surface area (Å²) in [7, 11) is 0. The van der Waals surface area contributed by atoms with Crippen LogP contribution in [0.4, 0.5) is 14.4 Å². The number of carbonyl (C=O) groups is 4. The third-order valence-corrected chi connectivity index (χ3v) is 5.59. The molecule has 1 heterocycles. The van der Waals surface area contributed by atoms with Crippen LogP contribution < -0.4 is 10.7 Å². The summed E-state index contributed by atoms with van der Waals surface area (Å²) in [6, 6.07) is 8.23. The van der Waals surface area contributed by atoms with Crippen LogP contribution in [0.3, 0.4) is 0 Å². The van der Waals surface area contributed by atoms with Crippen LogP contribution in [0.1, 0.15) is 46.6 Å². The van der Waals surface area contributed by atoms with Gasteiger partial charge in [0.25, 0.3) is 5.91 Å². The van der Waals surface area contributed by atoms with Gasteiger partial charge in [0.1, 0.15) is 37.9 Å². The van der Waals surface area contributed by atoms with E-state index in [4.69, 9.17) is 14.2 Å². The summed E-state index contributed by atoms with van der Waals surface area (Å²) in [5.74, 6) is -0.627. The van der Waals surface area contributed by atoms with Crippen LogP contribution in [-0.4, -0.2) is 71.7 Å². The van der Waals surface area contributed by atoms with Gasteiger partial charge in [0.2, 0.25) is 0 Å². The molecule has 2 N–H and O–H groups in total. The van der Waals surface area contributed by atoms with Gasteiger partial charge in [0.15, 0.2) is 6.67 Å². The van der Waals surface area contributed by atoms with Gasteiger partial charge >= 0.3 is 18.3 Å². The molecule has 0 bridgehead atoms. The monoisotopic (exact) mass is 545 g/mol. The van der Waals surface area contributed by atoms with Gasteiger partial charge < -0.3 is 19.5 Å². The zero-order chi connectivity index (χ0) is 29.1. The Balaban J connectivity index is 2.26. The van der Waals surface area contributed by atoms with Crippen LogP contribution in [0.25, 0.3) is 0 Å². The van der Waals surface area contributed by atoms with Crippen molar-refractivity contribution in [2.24, 2.45) is 5.92 Å². The largest absolute Gasteiger partial charge is 0.518 e. The van der Waals surface area contributed by atoms with Crippen molar-refractivity contribution in [3.05, 3.63) is 60.7 Å². The lowest BCUT2D eigenvalue weighted by Crippen LogP contribution is -2.63. The lowest BCUT2D eigenvalue weighted by atomic mass is 10.0. The Morgan fingerprint density at radius 1 is 1.08 bits per heavy atom. The molecule has 2 rings (SSSR count). The van der Waals surface area contributed by atoms with E-state index in [1.165, 1.54) is 6.08 Å². The van der Waals surface area contributed by atoms with E-state index < -0.39 is 35.8 Å². The Morgan fingerprint density at radius 2 is 1.72 bits per heavy atom. The number of amides is 4. The van der Waals surface area contributed by atoms with E-state index in [0.717, 1.165) is 10.6 Å². The number of hydrogen-bond acceptors (Lipinski definition) is 7. The third kappa shape index (κ3) is 10.4. The summed E-state index contributed by atoms with van der Waals surface area (Å²) in [5.41, 5.74) is 2.51. The second-order valence-electron chi connectivity index (χ2n) is 10.8. The van der Waals surface area contributed by atoms with Crippen LogP contribution in [0, 0.1) is 5.92 Å². The molecule has 39 heavy (non-hydrogen) atoms. The predicted molar refractivity (Wildman–Crippen MR) is 145 cm³/mol. The molecule has 0 saturated heterocycles. The average Bonchev–Trinajstić information content (AvgIpc) is 3.34. The maximum absolute atomic E-state index is 13.3. The Morgan fingerprint density at radius 3 is 2.28 bits per heavy atom. The Hall–Kier alpha value is -3.86. The number of hydrazine groups is 1. The quantitative estimate of drug-likeness (QED) is 0.195. The summed E-state index contributed by atoms with van der Waals surface area (Å²) >= 11 is 0. The number of nitrogens with zero attached hydrogens (tertiary/aromatic N) is 2. The van der Waals surface area contributed by atoms with Gasteiger partial charge in [-0.3, -0.25) is 10.2 Å². The summed E-state index contributed by atoms with van der Waals surface area (Å²) in [6.45, 7) is 12.7. The van der Waals surface area contributed by atoms with Crippen molar-refractivity contribution in [2.75, 3.05) is 26.4 Å². The van der Waals surface area contributed by atoms with Gasteiger partial charge in [-0.2, -0.15) is 14.3 Å². The van der Waals surface area contributed by atoms with Gasteiger partial charge in [-0.15, -0.1) is 0 Å². The summed E-state index contributed by atoms with van der Waals surface area (Å²) in [6.07, 6.45) is 3.11. The standard InChI is InChI=1S/C28H40N4O7/c1-7-17-37-25(34)29-23(18-21(2)3)24(33)30-31(26(35)39-28(4,5)6)20-32(15-11-12-16-32)27(36)38-19-22-13-9-8-10-14-22/h7-14,21,23H,1,15-20H2,2-6H3,(H-,29,30,33,34)/p+1/t23-/m0/s1. The topological polar surface area (TPSA) is 123 Å². The van der Waals surface area contributed by atoms with Crippen LogP contribution in [0.15, 0.2) is 55.1 Å². The lowest BCUT2D eigenvalue weighted by molar-refractivity contribution is -0.851. The molecule has 0 fully saturated rings. The van der Waals surface area contributed by atoms with Gasteiger partial charge in [0.05, 0.1) is 0 Å². The number of rotatable bonds is 10. The second kappa shape index (κ2) is 14.3. The zero-order valence-corrected chi connectivity index (χ0v) is 23.5. The Bertz CT molecular complexity index is 1030. The molecule has 1 aliphatic heterocycles. The molecule has 0 spiro atoms. The van der Waals surface area contributed by atoms with Crippen molar-refractivity contribution in [1.82, 2.24) is 15.8 Å². The predicted octanol–water partition coefficient (Wildman–Crippen LogP) is 4.26. The van der Waals surface area contributed by atoms with Crippen molar-refractivity contribution in [1.29, 1.82) is 0 Å². The average molecular weight is 546 g/mol. The third-order valence-electron chi connectivity index (χ3n) is 5.59. The molecule has 1 atom stereocenters. The Labute approximate surface area is 230 Å². The highest BCUT2D eigenvalue weighted by molar-refractivity contribution is 5.87. The fourth-order valence-corrected chi connectivity index (χ4v) is 3.76. The molecular weight excluding hydrogens is 504 g/mol. The molecule has 0 aromatic heterocycles. The second-order valence-corrected chi connectivity index (χ2v) is 10.8. The van der Waals surface area contributed by atoms with Crippen molar-refractivity contribution < 1.29 is 37.9 Å². The molecule has 11 heteroatoms. The normalized spacial score (nSPS) is 14.7. The van der Waals surface area contributed by atoms with E-state index in [-0.39, 0.29) is 49.8 Å². The van der Waals surface area contributed by atoms with Crippen LogP contribution in [-0.2, 0) is 25.6 Å². The number of hydrogen-bond donors (Lipinski definition) is 2. The number of benzene rings is 1. The van der Waals surface area contributed by atoms with E-state index in [9.17, 15) is 19.2 Å². The zero-order valence-electron chi connectivity index (χ0n) is 23.5. The first-order chi connectivity index (χ1) is 18.3. The minimum Gasteiger partial charge on any atom is -0.445 e. The molecular formula is C28H41N4O7+. The molecule has 1 aliphatic rings. The molecule has 11 nitrogen and oxygen atoms in total. The maximum Gasteiger partial charge on any atom is 0.518 e. The van der Waals surface area contributed by atoms with Crippen LogP contribution in [0.5, 0.6) is 0 Å². The summed E-state index contributed by atoms with van der Waals surface area (Å²) in [5, 5.41) is 3.50. The van der Waals surface area contributed by atoms with E-state index in [1.807, 2.05) is 56.3 Å². The smallest absolute Gasteiger partial charge is 0.445 e. The Kier molecular flexibility index (Phi) is 11.5. The number of alkyl carbamates (subject to hydrolysis) is 1. The van der Waals surface area contributed by atoms with Gasteiger partial charge in [0, 0.05) is 0 Å². The first-order valence-corrected chi connectivity index (χ1v) is 12.9. The number of ether oxygens (including phenoxy) is 3. The SMILES string of the molecule is C=CCOC(=O)N[C@@H](CC(C)C)C(=O)NN(C[N+]1(C(=O)OCc2ccccc2)CC=CC1)C(=O)OC(C)(C)C. The molecule has 4 amide bonds. The van der Waals surface area contributed by atoms with Crippen molar-refractivity contribution in [3.63, 3.8) is 0 Å². The van der Waals surface area contributed by atoms with Crippen molar-refractivity contribution in [2.45, 2.75) is 59.3 Å². The molecule has 214 valence electrons. The fourth-order valence-electron chi connectivity index (χ4n) is 3.76. The highest BCUT2D eigenvalue weighted by atomic mass is 16.6. The van der Waals surface area contributed by atoms with E-state index >= 15 is 0 Å². The fraction of sp³-hybridized carbons (Fsp3) is 0.500. The maximum atomic E-state index is 13.3. The van der Waals surface area contributed by atoms with Gasteiger partial charge in [-0.05, 0) is 50.8 Å². The van der Waals surface area contributed by atoms with Gasteiger partial charge in [-0.1, -0.05) is 56.8 Å². The highest BCUT2D eigenvalue weighted by Gasteiger charge is 2.44. The van der Waals surface area contributed by atoms with Crippen molar-refractivity contribution >= 4 is 24.2 Å². The first-order valence-electron chi connectivity index (χ1n) is 12.9. The summed E-state index contributed by atoms with van der Waals surface area (Å²) < 4.78 is 15.8. The molecule has 1 aromatic rings. The summed E-state index contributed by atoms with van der Waals surface area (Å²) in [4.78, 5) is 52.1. The number of carbonyl (C=O) groups excluding carboxylic acids is 4. The lowest BCUT2D eigenvalue weighted by Gasteiger charge is -2.36. The minimum atomic E-state index is -1.01. The number of quaternary nitrogens is 1. The number of nitrogens with one attached hydrogen (secondary N) is 2. The van der Waals surface area contributed by atoms with Crippen LogP contribution >= 0.6 is 0 Å². The highest BCUT2D eigenvalue weighted by Crippen LogP contribution is 2.20. The molecule has 0 saturated carbocycles. The molecule has 0 unspecified atom stereocenters. The van der Waals surface area contributed by atoms with E-state index in [1.54, 1.807) is 20.8 Å².